The maximum absolute atomic E-state index is 10.9. The molecule has 1 aliphatic carbocycles. The van der Waals surface area contributed by atoms with Crippen molar-refractivity contribution in [3.8, 4) is 5.75 Å². The van der Waals surface area contributed by atoms with Crippen molar-refractivity contribution in [2.45, 2.75) is 43.7 Å². The highest BCUT2D eigenvalue weighted by Crippen LogP contribution is 2.47. The Bertz CT molecular complexity index is 559. The number of phenolic OH excluding ortho intramolecular Hbond substituents is 1. The lowest BCUT2D eigenvalue weighted by molar-refractivity contribution is -0.385. The summed E-state index contributed by atoms with van der Waals surface area (Å²) in [5.41, 5.74) is -0.227. The van der Waals surface area contributed by atoms with Crippen LogP contribution in [-0.2, 0) is 0 Å². The van der Waals surface area contributed by atoms with E-state index in [1.54, 1.807) is 0 Å². The normalized spacial score (nSPS) is 32.4. The van der Waals surface area contributed by atoms with Gasteiger partial charge >= 0.3 is 0 Å². The standard InChI is InChI=1S/C15H20N2O4/c18-13-5-4-10(17(20)21)9-11(13)14-12-3-1-2-6-15(12,19)7-8-16-14/h4-5,9,12,14,16,18-19H,1-3,6-8H2/t12-,14-,15+/m1/s1. The fourth-order valence-corrected chi connectivity index (χ4v) is 3.85. The number of rotatable bonds is 2. The third-order valence-corrected chi connectivity index (χ3v) is 4.95. The van der Waals surface area contributed by atoms with Crippen molar-refractivity contribution in [1.29, 1.82) is 0 Å². The molecule has 1 heterocycles. The highest BCUT2D eigenvalue weighted by atomic mass is 16.6. The van der Waals surface area contributed by atoms with Crippen LogP contribution in [0, 0.1) is 16.0 Å². The van der Waals surface area contributed by atoms with Crippen molar-refractivity contribution in [1.82, 2.24) is 5.32 Å². The lowest BCUT2D eigenvalue weighted by atomic mass is 9.66. The Kier molecular flexibility index (Phi) is 3.59. The number of benzene rings is 1. The molecule has 6 heteroatoms. The monoisotopic (exact) mass is 292 g/mol. The first-order chi connectivity index (χ1) is 10.0. The van der Waals surface area contributed by atoms with Crippen LogP contribution in [0.1, 0.15) is 43.7 Å². The molecule has 0 radical (unpaired) electrons. The maximum Gasteiger partial charge on any atom is 0.270 e. The van der Waals surface area contributed by atoms with Gasteiger partial charge in [0.25, 0.3) is 5.69 Å². The van der Waals surface area contributed by atoms with Crippen molar-refractivity contribution >= 4 is 5.69 Å². The van der Waals surface area contributed by atoms with Gasteiger partial charge in [-0.2, -0.15) is 0 Å². The summed E-state index contributed by atoms with van der Waals surface area (Å²) >= 11 is 0. The largest absolute Gasteiger partial charge is 0.508 e. The number of nitrogens with one attached hydrogen (secondary N) is 1. The van der Waals surface area contributed by atoms with Crippen LogP contribution in [0.4, 0.5) is 5.69 Å². The molecule has 21 heavy (non-hydrogen) atoms. The fraction of sp³-hybridized carbons (Fsp3) is 0.600. The van der Waals surface area contributed by atoms with Crippen LogP contribution in [0.3, 0.4) is 0 Å². The summed E-state index contributed by atoms with van der Waals surface area (Å²) in [5, 5.41) is 35.2. The van der Waals surface area contributed by atoms with Gasteiger partial charge in [-0.25, -0.2) is 0 Å². The third kappa shape index (κ3) is 2.49. The van der Waals surface area contributed by atoms with E-state index < -0.39 is 10.5 Å². The predicted octanol–water partition coefficient (Wildman–Crippen LogP) is 2.26. The van der Waals surface area contributed by atoms with Crippen molar-refractivity contribution in [3.05, 3.63) is 33.9 Å². The van der Waals surface area contributed by atoms with E-state index in [2.05, 4.69) is 5.32 Å². The average molecular weight is 292 g/mol. The Hall–Kier alpha value is -1.66. The van der Waals surface area contributed by atoms with Crippen LogP contribution in [-0.4, -0.2) is 27.3 Å². The number of fused-ring (bicyclic) bond motifs is 1. The second kappa shape index (κ2) is 5.27. The molecule has 0 aromatic heterocycles. The molecule has 3 atom stereocenters. The van der Waals surface area contributed by atoms with Crippen LogP contribution in [0.2, 0.25) is 0 Å². The number of phenols is 1. The quantitative estimate of drug-likeness (QED) is 0.574. The first kappa shape index (κ1) is 14.3. The van der Waals surface area contributed by atoms with E-state index in [1.807, 2.05) is 0 Å². The summed E-state index contributed by atoms with van der Waals surface area (Å²) in [6.07, 6.45) is 4.40. The van der Waals surface area contributed by atoms with Crippen molar-refractivity contribution in [2.75, 3.05) is 6.54 Å². The smallest absolute Gasteiger partial charge is 0.270 e. The number of aromatic hydroxyl groups is 1. The van der Waals surface area contributed by atoms with Crippen LogP contribution in [0.15, 0.2) is 18.2 Å². The predicted molar refractivity (Wildman–Crippen MR) is 77.0 cm³/mol. The van der Waals surface area contributed by atoms with E-state index in [0.717, 1.165) is 25.7 Å². The van der Waals surface area contributed by atoms with Gasteiger partial charge in [-0.1, -0.05) is 12.8 Å². The molecule has 1 aromatic carbocycles. The zero-order valence-electron chi connectivity index (χ0n) is 11.8. The SMILES string of the molecule is O=[N+]([O-])c1ccc(O)c([C@H]2NCC[C@@]3(O)CCCC[C@H]23)c1. The molecule has 1 saturated heterocycles. The zero-order chi connectivity index (χ0) is 15.0. The minimum atomic E-state index is -0.717. The number of piperidine rings is 1. The summed E-state index contributed by atoms with van der Waals surface area (Å²) in [5.74, 6) is 0.0424. The maximum atomic E-state index is 10.9. The molecule has 0 spiro atoms. The van der Waals surface area contributed by atoms with Gasteiger partial charge in [0.05, 0.1) is 10.5 Å². The Morgan fingerprint density at radius 2 is 2.14 bits per heavy atom. The minimum absolute atomic E-state index is 0.00657. The number of aliphatic hydroxyl groups is 1. The first-order valence-electron chi connectivity index (χ1n) is 7.44. The van der Waals surface area contributed by atoms with Gasteiger partial charge in [0, 0.05) is 29.7 Å². The number of nitro benzene ring substituents is 1. The van der Waals surface area contributed by atoms with E-state index in [0.29, 0.717) is 18.5 Å². The molecule has 0 bridgehead atoms. The van der Waals surface area contributed by atoms with E-state index in [1.165, 1.54) is 18.2 Å². The number of hydrogen-bond acceptors (Lipinski definition) is 5. The molecule has 114 valence electrons. The number of non-ortho nitro benzene ring substituents is 1. The number of hydrogen-bond donors (Lipinski definition) is 3. The van der Waals surface area contributed by atoms with Gasteiger partial charge in [-0.15, -0.1) is 0 Å². The molecular weight excluding hydrogens is 272 g/mol. The van der Waals surface area contributed by atoms with Crippen LogP contribution in [0.5, 0.6) is 5.75 Å². The molecule has 2 aliphatic rings. The first-order valence-corrected chi connectivity index (χ1v) is 7.44. The van der Waals surface area contributed by atoms with E-state index >= 15 is 0 Å². The molecule has 3 N–H and O–H groups in total. The fourth-order valence-electron chi connectivity index (χ4n) is 3.85. The molecule has 1 aliphatic heterocycles. The Morgan fingerprint density at radius 1 is 1.33 bits per heavy atom. The van der Waals surface area contributed by atoms with Crippen molar-refractivity contribution in [2.24, 2.45) is 5.92 Å². The lowest BCUT2D eigenvalue weighted by Gasteiger charge is -2.48. The summed E-state index contributed by atoms with van der Waals surface area (Å²) in [6, 6.07) is 3.86. The number of nitro groups is 1. The second-order valence-electron chi connectivity index (χ2n) is 6.14. The molecule has 0 amide bonds. The second-order valence-corrected chi connectivity index (χ2v) is 6.14. The molecule has 6 nitrogen and oxygen atoms in total. The molecule has 0 unspecified atom stereocenters. The number of nitrogens with zero attached hydrogens (tertiary/aromatic N) is 1. The Labute approximate surface area is 122 Å². The molecule has 1 aromatic rings. The summed E-state index contributed by atoms with van der Waals surface area (Å²) < 4.78 is 0. The highest BCUT2D eigenvalue weighted by molar-refractivity contribution is 5.45. The summed E-state index contributed by atoms with van der Waals surface area (Å²) in [7, 11) is 0. The highest BCUT2D eigenvalue weighted by Gasteiger charge is 2.46. The van der Waals surface area contributed by atoms with Crippen LogP contribution in [0.25, 0.3) is 0 Å². The topological polar surface area (TPSA) is 95.6 Å². The van der Waals surface area contributed by atoms with E-state index in [9.17, 15) is 20.3 Å². The average Bonchev–Trinajstić information content (AvgIpc) is 2.46. The van der Waals surface area contributed by atoms with Crippen LogP contribution >= 0.6 is 0 Å². The molecule has 2 fully saturated rings. The van der Waals surface area contributed by atoms with Gasteiger partial charge in [-0.3, -0.25) is 10.1 Å². The van der Waals surface area contributed by atoms with E-state index in [4.69, 9.17) is 0 Å². The zero-order valence-corrected chi connectivity index (χ0v) is 11.8. The van der Waals surface area contributed by atoms with Gasteiger partial charge in [0.15, 0.2) is 0 Å². The van der Waals surface area contributed by atoms with E-state index in [-0.39, 0.29) is 23.4 Å². The van der Waals surface area contributed by atoms with Crippen molar-refractivity contribution < 1.29 is 15.1 Å². The van der Waals surface area contributed by atoms with Crippen LogP contribution < -0.4 is 5.32 Å². The third-order valence-electron chi connectivity index (χ3n) is 4.95. The molecular formula is C15H20N2O4. The van der Waals surface area contributed by atoms with Gasteiger partial charge in [0.2, 0.25) is 0 Å². The van der Waals surface area contributed by atoms with Gasteiger partial charge < -0.3 is 15.5 Å². The summed E-state index contributed by atoms with van der Waals surface area (Å²) in [6.45, 7) is 0.653. The molecule has 3 rings (SSSR count). The van der Waals surface area contributed by atoms with Crippen molar-refractivity contribution in [3.63, 3.8) is 0 Å². The summed E-state index contributed by atoms with van der Waals surface area (Å²) in [4.78, 5) is 10.5. The lowest BCUT2D eigenvalue weighted by Crippen LogP contribution is -2.53. The molecule has 1 saturated carbocycles. The minimum Gasteiger partial charge on any atom is -0.508 e. The van der Waals surface area contributed by atoms with Gasteiger partial charge in [0.1, 0.15) is 5.75 Å². The Balaban J connectivity index is 1.98. The van der Waals surface area contributed by atoms with Gasteiger partial charge in [-0.05, 0) is 31.9 Å². The Morgan fingerprint density at radius 3 is 2.90 bits per heavy atom.